The van der Waals surface area contributed by atoms with Gasteiger partial charge in [0.25, 0.3) is 0 Å². The number of ether oxygens (including phenoxy) is 2. The SMILES string of the molecule is CCOc1ccc(C(NC(=O)C(C)CNC)C(C)C)cc1OCC.Cl. The van der Waals surface area contributed by atoms with E-state index in [1.807, 2.05) is 46.0 Å². The zero-order chi connectivity index (χ0) is 18.1. The molecule has 0 saturated heterocycles. The van der Waals surface area contributed by atoms with Gasteiger partial charge in [0.05, 0.1) is 19.3 Å². The van der Waals surface area contributed by atoms with Gasteiger partial charge in [0.1, 0.15) is 0 Å². The van der Waals surface area contributed by atoms with Crippen molar-refractivity contribution in [1.29, 1.82) is 0 Å². The fourth-order valence-electron chi connectivity index (χ4n) is 2.59. The summed E-state index contributed by atoms with van der Waals surface area (Å²) in [5.74, 6) is 1.70. The maximum Gasteiger partial charge on any atom is 0.224 e. The topological polar surface area (TPSA) is 59.6 Å². The van der Waals surface area contributed by atoms with Crippen LogP contribution in [-0.4, -0.2) is 32.7 Å². The third-order valence-electron chi connectivity index (χ3n) is 3.85. The molecule has 2 N–H and O–H groups in total. The van der Waals surface area contributed by atoms with Gasteiger partial charge < -0.3 is 20.1 Å². The van der Waals surface area contributed by atoms with Gasteiger partial charge in [0.2, 0.25) is 5.91 Å². The van der Waals surface area contributed by atoms with E-state index in [0.29, 0.717) is 19.8 Å². The molecule has 0 heterocycles. The Morgan fingerprint density at radius 2 is 1.68 bits per heavy atom. The number of amides is 1. The average molecular weight is 373 g/mol. The van der Waals surface area contributed by atoms with Crippen LogP contribution in [0.15, 0.2) is 18.2 Å². The van der Waals surface area contributed by atoms with Crippen LogP contribution in [0.4, 0.5) is 0 Å². The number of hydrogen-bond acceptors (Lipinski definition) is 4. The molecule has 0 aliphatic heterocycles. The van der Waals surface area contributed by atoms with Crippen molar-refractivity contribution < 1.29 is 14.3 Å². The van der Waals surface area contributed by atoms with Gasteiger partial charge in [0, 0.05) is 12.5 Å². The molecule has 1 rings (SSSR count). The van der Waals surface area contributed by atoms with E-state index in [0.717, 1.165) is 17.1 Å². The van der Waals surface area contributed by atoms with Crippen LogP contribution in [0.1, 0.15) is 46.2 Å². The molecule has 2 unspecified atom stereocenters. The molecule has 0 saturated carbocycles. The lowest BCUT2D eigenvalue weighted by molar-refractivity contribution is -0.125. The molecule has 25 heavy (non-hydrogen) atoms. The van der Waals surface area contributed by atoms with E-state index in [9.17, 15) is 4.79 Å². The van der Waals surface area contributed by atoms with Gasteiger partial charge in [-0.15, -0.1) is 12.4 Å². The molecule has 6 heteroatoms. The van der Waals surface area contributed by atoms with Crippen molar-refractivity contribution in [1.82, 2.24) is 10.6 Å². The van der Waals surface area contributed by atoms with Crippen molar-refractivity contribution in [2.24, 2.45) is 11.8 Å². The molecular weight excluding hydrogens is 340 g/mol. The molecule has 0 bridgehead atoms. The van der Waals surface area contributed by atoms with E-state index in [1.165, 1.54) is 0 Å². The summed E-state index contributed by atoms with van der Waals surface area (Å²) in [5.41, 5.74) is 1.03. The minimum absolute atomic E-state index is 0. The van der Waals surface area contributed by atoms with Crippen LogP contribution in [0, 0.1) is 11.8 Å². The molecule has 0 aromatic heterocycles. The second-order valence-electron chi connectivity index (χ2n) is 6.26. The highest BCUT2D eigenvalue weighted by molar-refractivity contribution is 5.85. The minimum Gasteiger partial charge on any atom is -0.490 e. The van der Waals surface area contributed by atoms with Gasteiger partial charge >= 0.3 is 0 Å². The summed E-state index contributed by atoms with van der Waals surface area (Å²) in [5, 5.41) is 6.20. The van der Waals surface area contributed by atoms with Gasteiger partial charge in [-0.1, -0.05) is 26.8 Å². The highest BCUT2D eigenvalue weighted by atomic mass is 35.5. The smallest absolute Gasteiger partial charge is 0.224 e. The normalized spacial score (nSPS) is 12.9. The molecule has 0 aliphatic rings. The van der Waals surface area contributed by atoms with Crippen LogP contribution in [-0.2, 0) is 4.79 Å². The van der Waals surface area contributed by atoms with Crippen LogP contribution in [0.5, 0.6) is 11.5 Å². The van der Waals surface area contributed by atoms with Gasteiger partial charge in [-0.2, -0.15) is 0 Å². The zero-order valence-corrected chi connectivity index (χ0v) is 17.0. The predicted molar refractivity (Wildman–Crippen MR) is 105 cm³/mol. The molecule has 1 aromatic rings. The third kappa shape index (κ3) is 7.12. The molecule has 144 valence electrons. The Morgan fingerprint density at radius 1 is 1.08 bits per heavy atom. The Hall–Kier alpha value is -1.46. The lowest BCUT2D eigenvalue weighted by atomic mass is 9.95. The van der Waals surface area contributed by atoms with Crippen molar-refractivity contribution >= 4 is 18.3 Å². The number of hydrogen-bond donors (Lipinski definition) is 2. The first-order valence-electron chi connectivity index (χ1n) is 8.79. The van der Waals surface area contributed by atoms with Gasteiger partial charge in [-0.05, 0) is 44.5 Å². The van der Waals surface area contributed by atoms with Crippen molar-refractivity contribution in [3.8, 4) is 11.5 Å². The summed E-state index contributed by atoms with van der Waals surface area (Å²) in [6.07, 6.45) is 0. The van der Waals surface area contributed by atoms with Crippen molar-refractivity contribution in [3.05, 3.63) is 23.8 Å². The second kappa shape index (κ2) is 12.0. The Bertz CT molecular complexity index is 523. The maximum atomic E-state index is 12.4. The van der Waals surface area contributed by atoms with Crippen molar-refractivity contribution in [3.63, 3.8) is 0 Å². The highest BCUT2D eigenvalue weighted by Gasteiger charge is 2.22. The van der Waals surface area contributed by atoms with Gasteiger partial charge in [-0.3, -0.25) is 4.79 Å². The monoisotopic (exact) mass is 372 g/mol. The van der Waals surface area contributed by atoms with E-state index in [4.69, 9.17) is 9.47 Å². The minimum atomic E-state index is -0.0784. The molecule has 0 radical (unpaired) electrons. The molecule has 1 amide bonds. The molecule has 0 spiro atoms. The number of benzene rings is 1. The lowest BCUT2D eigenvalue weighted by Gasteiger charge is -2.25. The van der Waals surface area contributed by atoms with Gasteiger partial charge in [0.15, 0.2) is 11.5 Å². The summed E-state index contributed by atoms with van der Waals surface area (Å²) in [4.78, 5) is 12.4. The highest BCUT2D eigenvalue weighted by Crippen LogP contribution is 2.33. The van der Waals surface area contributed by atoms with E-state index in [1.54, 1.807) is 0 Å². The van der Waals surface area contributed by atoms with E-state index >= 15 is 0 Å². The van der Waals surface area contributed by atoms with Gasteiger partial charge in [-0.25, -0.2) is 0 Å². The molecular formula is C19H33ClN2O3. The number of nitrogens with one attached hydrogen (secondary N) is 2. The van der Waals surface area contributed by atoms with Crippen LogP contribution in [0.2, 0.25) is 0 Å². The Morgan fingerprint density at radius 3 is 2.20 bits per heavy atom. The first-order valence-corrected chi connectivity index (χ1v) is 8.79. The lowest BCUT2D eigenvalue weighted by Crippen LogP contribution is -2.38. The summed E-state index contributed by atoms with van der Waals surface area (Å²) >= 11 is 0. The average Bonchev–Trinajstić information content (AvgIpc) is 2.54. The molecule has 0 aliphatic carbocycles. The molecule has 1 aromatic carbocycles. The molecule has 2 atom stereocenters. The Kier molecular flexibility index (Phi) is 11.3. The summed E-state index contributed by atoms with van der Waals surface area (Å²) < 4.78 is 11.3. The van der Waals surface area contributed by atoms with Crippen LogP contribution in [0.3, 0.4) is 0 Å². The fraction of sp³-hybridized carbons (Fsp3) is 0.632. The summed E-state index contributed by atoms with van der Waals surface area (Å²) in [7, 11) is 1.85. The quantitative estimate of drug-likeness (QED) is 0.659. The largest absolute Gasteiger partial charge is 0.490 e. The van der Waals surface area contributed by atoms with E-state index in [2.05, 4.69) is 24.5 Å². The van der Waals surface area contributed by atoms with Crippen LogP contribution >= 0.6 is 12.4 Å². The third-order valence-corrected chi connectivity index (χ3v) is 3.85. The summed E-state index contributed by atoms with van der Waals surface area (Å²) in [6, 6.07) is 5.83. The molecule has 5 nitrogen and oxygen atoms in total. The van der Waals surface area contributed by atoms with Crippen molar-refractivity contribution in [2.45, 2.75) is 40.7 Å². The maximum absolute atomic E-state index is 12.4. The van der Waals surface area contributed by atoms with Crippen molar-refractivity contribution in [2.75, 3.05) is 26.8 Å². The fourth-order valence-corrected chi connectivity index (χ4v) is 2.59. The first-order chi connectivity index (χ1) is 11.4. The number of halogens is 1. The first kappa shape index (κ1) is 23.5. The number of rotatable bonds is 10. The summed E-state index contributed by atoms with van der Waals surface area (Å²) in [6.45, 7) is 11.8. The number of carbonyl (C=O) groups excluding carboxylic acids is 1. The van der Waals surface area contributed by atoms with E-state index in [-0.39, 0.29) is 36.2 Å². The van der Waals surface area contributed by atoms with E-state index < -0.39 is 0 Å². The Balaban J connectivity index is 0.00000576. The zero-order valence-electron chi connectivity index (χ0n) is 16.2. The predicted octanol–water partition coefficient (Wildman–Crippen LogP) is 3.57. The standard InChI is InChI=1S/C19H32N2O3.ClH/c1-7-23-16-10-9-15(11-17(16)24-8-2)18(13(3)4)21-19(22)14(5)12-20-6;/h9-11,13-14,18,20H,7-8,12H2,1-6H3,(H,21,22);1H. The molecule has 0 fully saturated rings. The second-order valence-corrected chi connectivity index (χ2v) is 6.26. The van der Waals surface area contributed by atoms with Crippen LogP contribution in [0.25, 0.3) is 0 Å². The van der Waals surface area contributed by atoms with Crippen LogP contribution < -0.4 is 20.1 Å². The Labute approximate surface area is 158 Å². The number of carbonyl (C=O) groups is 1.